The van der Waals surface area contributed by atoms with Gasteiger partial charge in [-0.05, 0) is 42.7 Å². The highest BCUT2D eigenvalue weighted by Gasteiger charge is 2.02. The number of aromatic amines is 1. The van der Waals surface area contributed by atoms with Crippen LogP contribution in [0.2, 0.25) is 0 Å². The van der Waals surface area contributed by atoms with Gasteiger partial charge in [0, 0.05) is 11.4 Å². The molecule has 20 heavy (non-hydrogen) atoms. The lowest BCUT2D eigenvalue weighted by atomic mass is 10.1. The van der Waals surface area contributed by atoms with Crippen LogP contribution in [0.1, 0.15) is 12.0 Å². The van der Waals surface area contributed by atoms with Crippen molar-refractivity contribution in [3.63, 3.8) is 0 Å². The Balaban J connectivity index is 1.51. The molecule has 1 aromatic heterocycles. The number of imidazole rings is 1. The van der Waals surface area contributed by atoms with Gasteiger partial charge in [-0.25, -0.2) is 4.98 Å². The molecule has 3 N–H and O–H groups in total. The van der Waals surface area contributed by atoms with Crippen molar-refractivity contribution >= 4 is 28.5 Å². The number of thioether (sulfide) groups is 1. The van der Waals surface area contributed by atoms with Crippen LogP contribution in [0.25, 0.3) is 11.0 Å². The van der Waals surface area contributed by atoms with Crippen molar-refractivity contribution in [3.05, 3.63) is 54.1 Å². The molecule has 0 bridgehead atoms. The predicted molar refractivity (Wildman–Crippen MR) is 86.0 cm³/mol. The topological polar surface area (TPSA) is 54.7 Å². The normalized spacial score (nSPS) is 11.0. The van der Waals surface area contributed by atoms with Crippen molar-refractivity contribution in [2.24, 2.45) is 0 Å². The molecular weight excluding hydrogens is 266 g/mol. The van der Waals surface area contributed by atoms with E-state index in [9.17, 15) is 0 Å². The fourth-order valence-electron chi connectivity index (χ4n) is 2.13. The molecule has 0 saturated heterocycles. The minimum absolute atomic E-state index is 0.824. The third kappa shape index (κ3) is 3.14. The van der Waals surface area contributed by atoms with Gasteiger partial charge in [0.15, 0.2) is 5.16 Å². The number of para-hydroxylation sites is 2. The van der Waals surface area contributed by atoms with Crippen molar-refractivity contribution in [2.75, 3.05) is 11.5 Å². The maximum Gasteiger partial charge on any atom is 0.166 e. The van der Waals surface area contributed by atoms with Gasteiger partial charge in [0.1, 0.15) is 0 Å². The number of nitrogens with two attached hydrogens (primary N) is 1. The number of rotatable bonds is 5. The largest absolute Gasteiger partial charge is 0.399 e. The highest BCUT2D eigenvalue weighted by molar-refractivity contribution is 7.99. The van der Waals surface area contributed by atoms with Crippen LogP contribution in [0, 0.1) is 0 Å². The van der Waals surface area contributed by atoms with Crippen molar-refractivity contribution in [2.45, 2.75) is 18.0 Å². The van der Waals surface area contributed by atoms with Gasteiger partial charge in [-0.15, -0.1) is 0 Å². The Bertz CT molecular complexity index is 655. The lowest BCUT2D eigenvalue weighted by Gasteiger charge is -2.01. The van der Waals surface area contributed by atoms with Gasteiger partial charge >= 0.3 is 0 Å². The number of benzene rings is 2. The molecule has 0 saturated carbocycles. The van der Waals surface area contributed by atoms with Crippen LogP contribution < -0.4 is 5.73 Å². The van der Waals surface area contributed by atoms with Crippen molar-refractivity contribution in [1.29, 1.82) is 0 Å². The van der Waals surface area contributed by atoms with Crippen LogP contribution in [-0.4, -0.2) is 15.7 Å². The first-order chi connectivity index (χ1) is 9.81. The summed E-state index contributed by atoms with van der Waals surface area (Å²) >= 11 is 1.78. The Morgan fingerprint density at radius 2 is 1.85 bits per heavy atom. The number of nitrogens with one attached hydrogen (secondary N) is 1. The average molecular weight is 283 g/mol. The van der Waals surface area contributed by atoms with Crippen LogP contribution >= 0.6 is 11.8 Å². The maximum atomic E-state index is 5.68. The van der Waals surface area contributed by atoms with E-state index >= 15 is 0 Å². The monoisotopic (exact) mass is 283 g/mol. The zero-order chi connectivity index (χ0) is 13.8. The number of H-pyrrole nitrogens is 1. The van der Waals surface area contributed by atoms with Crippen molar-refractivity contribution in [3.8, 4) is 0 Å². The summed E-state index contributed by atoms with van der Waals surface area (Å²) in [5, 5.41) is 1.00. The van der Waals surface area contributed by atoms with E-state index in [0.29, 0.717) is 0 Å². The van der Waals surface area contributed by atoms with Crippen LogP contribution in [-0.2, 0) is 6.42 Å². The van der Waals surface area contributed by atoms with Gasteiger partial charge in [-0.3, -0.25) is 0 Å². The molecule has 0 aliphatic rings. The van der Waals surface area contributed by atoms with Gasteiger partial charge < -0.3 is 10.7 Å². The first-order valence-electron chi connectivity index (χ1n) is 6.73. The fourth-order valence-corrected chi connectivity index (χ4v) is 2.95. The molecule has 3 rings (SSSR count). The quantitative estimate of drug-likeness (QED) is 0.424. The molecule has 102 valence electrons. The zero-order valence-electron chi connectivity index (χ0n) is 11.2. The van der Waals surface area contributed by atoms with Crippen LogP contribution in [0.5, 0.6) is 0 Å². The summed E-state index contributed by atoms with van der Waals surface area (Å²) in [6.07, 6.45) is 2.21. The third-order valence-electron chi connectivity index (χ3n) is 3.20. The number of hydrogen-bond donors (Lipinski definition) is 2. The van der Waals surface area contributed by atoms with Gasteiger partial charge in [0.05, 0.1) is 11.0 Å². The second kappa shape index (κ2) is 6.01. The SMILES string of the molecule is Nc1ccc(CCCSc2nc3ccccc3[nH]2)cc1. The number of hydrogen-bond acceptors (Lipinski definition) is 3. The smallest absolute Gasteiger partial charge is 0.166 e. The van der Waals surface area contributed by atoms with E-state index in [1.54, 1.807) is 11.8 Å². The van der Waals surface area contributed by atoms with Crippen LogP contribution in [0.3, 0.4) is 0 Å². The van der Waals surface area contributed by atoms with E-state index in [2.05, 4.69) is 28.2 Å². The molecule has 0 amide bonds. The van der Waals surface area contributed by atoms with E-state index in [1.165, 1.54) is 5.56 Å². The van der Waals surface area contributed by atoms with E-state index in [4.69, 9.17) is 5.73 Å². The second-order valence-electron chi connectivity index (χ2n) is 4.75. The Hall–Kier alpha value is -1.94. The van der Waals surface area contributed by atoms with Crippen molar-refractivity contribution < 1.29 is 0 Å². The summed E-state index contributed by atoms with van der Waals surface area (Å²) in [5.41, 5.74) is 9.98. The van der Waals surface area contributed by atoms with Crippen LogP contribution in [0.15, 0.2) is 53.7 Å². The van der Waals surface area contributed by atoms with E-state index in [1.807, 2.05) is 30.3 Å². The first kappa shape index (κ1) is 13.1. The number of nitrogens with zero attached hydrogens (tertiary/aromatic N) is 1. The molecule has 0 unspecified atom stereocenters. The number of aryl methyl sites for hydroxylation is 1. The molecule has 0 atom stereocenters. The Kier molecular flexibility index (Phi) is 3.92. The molecule has 0 radical (unpaired) electrons. The number of nitrogen functional groups attached to an aromatic ring is 1. The minimum Gasteiger partial charge on any atom is -0.399 e. The Morgan fingerprint density at radius 1 is 1.05 bits per heavy atom. The van der Waals surface area contributed by atoms with Gasteiger partial charge in [0.2, 0.25) is 0 Å². The van der Waals surface area contributed by atoms with Gasteiger partial charge in [-0.1, -0.05) is 36.0 Å². The second-order valence-corrected chi connectivity index (χ2v) is 5.84. The summed E-state index contributed by atoms with van der Waals surface area (Å²) in [4.78, 5) is 7.90. The minimum atomic E-state index is 0.824. The molecule has 0 aliphatic heterocycles. The molecular formula is C16H17N3S. The lowest BCUT2D eigenvalue weighted by molar-refractivity contribution is 0.928. The summed E-state index contributed by atoms with van der Waals surface area (Å²) in [7, 11) is 0. The molecule has 1 heterocycles. The maximum absolute atomic E-state index is 5.68. The number of anilines is 1. The average Bonchev–Trinajstić information content (AvgIpc) is 2.88. The fraction of sp³-hybridized carbons (Fsp3) is 0.188. The molecule has 2 aromatic carbocycles. The van der Waals surface area contributed by atoms with E-state index < -0.39 is 0 Å². The molecule has 0 fully saturated rings. The van der Waals surface area contributed by atoms with Crippen molar-refractivity contribution in [1.82, 2.24) is 9.97 Å². The molecule has 3 aromatic rings. The van der Waals surface area contributed by atoms with Crippen LogP contribution in [0.4, 0.5) is 5.69 Å². The van der Waals surface area contributed by atoms with E-state index in [-0.39, 0.29) is 0 Å². The third-order valence-corrected chi connectivity index (χ3v) is 4.16. The molecule has 0 aliphatic carbocycles. The number of aromatic nitrogens is 2. The first-order valence-corrected chi connectivity index (χ1v) is 7.72. The van der Waals surface area contributed by atoms with Gasteiger partial charge in [0.25, 0.3) is 0 Å². The Labute approximate surface area is 122 Å². The lowest BCUT2D eigenvalue weighted by Crippen LogP contribution is -1.90. The Morgan fingerprint density at radius 3 is 2.65 bits per heavy atom. The summed E-state index contributed by atoms with van der Waals surface area (Å²) < 4.78 is 0. The molecule has 4 heteroatoms. The standard InChI is InChI=1S/C16H17N3S/c17-13-9-7-12(8-10-13)4-3-11-20-16-18-14-5-1-2-6-15(14)19-16/h1-2,5-10H,3-4,11,17H2,(H,18,19). The molecule has 0 spiro atoms. The highest BCUT2D eigenvalue weighted by Crippen LogP contribution is 2.20. The zero-order valence-corrected chi connectivity index (χ0v) is 12.0. The summed E-state index contributed by atoms with van der Waals surface area (Å²) in [5.74, 6) is 1.06. The predicted octanol–water partition coefficient (Wildman–Crippen LogP) is 3.87. The summed E-state index contributed by atoms with van der Waals surface area (Å²) in [6.45, 7) is 0. The highest BCUT2D eigenvalue weighted by atomic mass is 32.2. The number of fused-ring (bicyclic) bond motifs is 1. The van der Waals surface area contributed by atoms with Gasteiger partial charge in [-0.2, -0.15) is 0 Å². The molecule has 3 nitrogen and oxygen atoms in total. The summed E-state index contributed by atoms with van der Waals surface area (Å²) in [6, 6.07) is 16.2. The van der Waals surface area contributed by atoms with E-state index in [0.717, 1.165) is 40.5 Å².